The molecule has 0 fully saturated rings. The average molecular weight is 181 g/mol. The first-order chi connectivity index (χ1) is 6.35. The highest BCUT2D eigenvalue weighted by Crippen LogP contribution is 2.11. The van der Waals surface area contributed by atoms with E-state index >= 15 is 0 Å². The molecule has 0 aromatic heterocycles. The van der Waals surface area contributed by atoms with E-state index in [-0.39, 0.29) is 0 Å². The van der Waals surface area contributed by atoms with E-state index in [0.717, 1.165) is 19.5 Å². The van der Waals surface area contributed by atoms with Crippen molar-refractivity contribution in [1.82, 2.24) is 5.32 Å². The quantitative estimate of drug-likeness (QED) is 0.447. The van der Waals surface area contributed by atoms with Crippen molar-refractivity contribution in [3.05, 3.63) is 17.9 Å². The minimum Gasteiger partial charge on any atom is -0.317 e. The van der Waals surface area contributed by atoms with Crippen LogP contribution in [0.15, 0.2) is 17.9 Å². The first kappa shape index (κ1) is 12.5. The first-order valence-electron chi connectivity index (χ1n) is 5.43. The topological polar surface area (TPSA) is 12.0 Å². The molecule has 0 aliphatic rings. The van der Waals surface area contributed by atoms with E-state index in [9.17, 15) is 0 Å². The Balaban J connectivity index is 3.44. The molecule has 0 aromatic carbocycles. The number of allylic oxidation sites excluding steroid dienone is 1. The van der Waals surface area contributed by atoms with Crippen molar-refractivity contribution < 1.29 is 0 Å². The van der Waals surface area contributed by atoms with Gasteiger partial charge >= 0.3 is 0 Å². The van der Waals surface area contributed by atoms with E-state index < -0.39 is 0 Å². The number of rotatable bonds is 8. The molecule has 0 saturated carbocycles. The van der Waals surface area contributed by atoms with Crippen molar-refractivity contribution >= 4 is 0 Å². The van der Waals surface area contributed by atoms with Crippen LogP contribution in [0, 0.1) is 0 Å². The van der Waals surface area contributed by atoms with Gasteiger partial charge in [-0.1, -0.05) is 26.8 Å². The number of hydrogen-bond donors (Lipinski definition) is 1. The molecule has 1 heteroatoms. The van der Waals surface area contributed by atoms with Crippen molar-refractivity contribution in [1.29, 1.82) is 0 Å². The standard InChI is InChI=1S/C12H23N/c1-4-7-9-12(5-2)10-8-11-13-6-3/h13H,2,4,6-11H2,1,3H3. The molecule has 1 nitrogen and oxygen atoms in total. The zero-order valence-electron chi connectivity index (χ0n) is 9.16. The summed E-state index contributed by atoms with van der Waals surface area (Å²) in [6, 6.07) is 0. The van der Waals surface area contributed by atoms with Crippen LogP contribution < -0.4 is 5.32 Å². The fourth-order valence-electron chi connectivity index (χ4n) is 1.30. The zero-order valence-corrected chi connectivity index (χ0v) is 9.16. The third-order valence-electron chi connectivity index (χ3n) is 2.16. The third kappa shape index (κ3) is 7.83. The van der Waals surface area contributed by atoms with Gasteiger partial charge in [-0.15, -0.1) is 5.73 Å². The van der Waals surface area contributed by atoms with Gasteiger partial charge in [0.05, 0.1) is 0 Å². The largest absolute Gasteiger partial charge is 0.317 e. The summed E-state index contributed by atoms with van der Waals surface area (Å²) in [7, 11) is 0. The molecule has 0 aliphatic carbocycles. The summed E-state index contributed by atoms with van der Waals surface area (Å²) in [5.41, 5.74) is 4.46. The highest BCUT2D eigenvalue weighted by Gasteiger charge is 1.95. The van der Waals surface area contributed by atoms with Crippen LogP contribution in [-0.4, -0.2) is 13.1 Å². The molecule has 13 heavy (non-hydrogen) atoms. The monoisotopic (exact) mass is 181 g/mol. The highest BCUT2D eigenvalue weighted by atomic mass is 14.8. The minimum absolute atomic E-state index is 1.07. The Labute approximate surface area is 82.9 Å². The molecule has 76 valence electrons. The lowest BCUT2D eigenvalue weighted by Gasteiger charge is -2.04. The molecular formula is C12H23N. The van der Waals surface area contributed by atoms with Crippen molar-refractivity contribution in [3.63, 3.8) is 0 Å². The van der Waals surface area contributed by atoms with E-state index in [4.69, 9.17) is 0 Å². The van der Waals surface area contributed by atoms with Gasteiger partial charge in [0.25, 0.3) is 0 Å². The molecule has 0 aliphatic heterocycles. The second-order valence-corrected chi connectivity index (χ2v) is 3.34. The van der Waals surface area contributed by atoms with Crippen LogP contribution >= 0.6 is 0 Å². The Hall–Kier alpha value is -0.520. The Morgan fingerprint density at radius 3 is 2.46 bits per heavy atom. The van der Waals surface area contributed by atoms with Gasteiger partial charge in [0.15, 0.2) is 0 Å². The molecule has 0 aromatic rings. The van der Waals surface area contributed by atoms with Crippen LogP contribution in [0.25, 0.3) is 0 Å². The molecule has 0 heterocycles. The third-order valence-corrected chi connectivity index (χ3v) is 2.16. The van der Waals surface area contributed by atoms with Gasteiger partial charge in [0, 0.05) is 0 Å². The van der Waals surface area contributed by atoms with E-state index in [1.165, 1.54) is 31.3 Å². The average Bonchev–Trinajstić information content (AvgIpc) is 2.17. The van der Waals surface area contributed by atoms with Crippen LogP contribution in [0.5, 0.6) is 0 Å². The molecule has 0 spiro atoms. The van der Waals surface area contributed by atoms with Crippen molar-refractivity contribution in [3.8, 4) is 0 Å². The van der Waals surface area contributed by atoms with Gasteiger partial charge in [-0.25, -0.2) is 0 Å². The summed E-state index contributed by atoms with van der Waals surface area (Å²) in [6.45, 7) is 10.3. The van der Waals surface area contributed by atoms with Gasteiger partial charge in [0.2, 0.25) is 0 Å². The summed E-state index contributed by atoms with van der Waals surface area (Å²) in [5.74, 6) is 0. The predicted molar refractivity (Wildman–Crippen MR) is 60.0 cm³/mol. The van der Waals surface area contributed by atoms with Crippen LogP contribution in [-0.2, 0) is 0 Å². The van der Waals surface area contributed by atoms with Crippen molar-refractivity contribution in [2.75, 3.05) is 13.1 Å². The zero-order chi connectivity index (χ0) is 9.94. The maximum Gasteiger partial charge on any atom is -0.00458 e. The van der Waals surface area contributed by atoms with E-state index in [2.05, 4.69) is 31.5 Å². The fourth-order valence-corrected chi connectivity index (χ4v) is 1.30. The molecule has 0 atom stereocenters. The Morgan fingerprint density at radius 2 is 1.92 bits per heavy atom. The lowest BCUT2D eigenvalue weighted by molar-refractivity contribution is 0.653. The summed E-state index contributed by atoms with van der Waals surface area (Å²) in [5, 5.41) is 3.32. The van der Waals surface area contributed by atoms with Gasteiger partial charge in [-0.2, -0.15) is 0 Å². The molecule has 0 rings (SSSR count). The van der Waals surface area contributed by atoms with E-state index in [1.807, 2.05) is 0 Å². The Morgan fingerprint density at radius 1 is 1.23 bits per heavy atom. The molecule has 1 N–H and O–H groups in total. The van der Waals surface area contributed by atoms with Gasteiger partial charge in [-0.05, 0) is 44.3 Å². The molecule has 0 unspecified atom stereocenters. The Bertz CT molecular complexity index is 155. The number of unbranched alkanes of at least 4 members (excludes halogenated alkanes) is 1. The summed E-state index contributed by atoms with van der Waals surface area (Å²) in [6.07, 6.45) is 6.11. The van der Waals surface area contributed by atoms with Crippen molar-refractivity contribution in [2.24, 2.45) is 0 Å². The normalized spacial score (nSPS) is 9.69. The summed E-state index contributed by atoms with van der Waals surface area (Å²) >= 11 is 0. The van der Waals surface area contributed by atoms with E-state index in [0.29, 0.717) is 0 Å². The van der Waals surface area contributed by atoms with Crippen molar-refractivity contribution in [2.45, 2.75) is 46.0 Å². The lowest BCUT2D eigenvalue weighted by Crippen LogP contribution is -2.13. The molecule has 0 bridgehead atoms. The number of nitrogens with one attached hydrogen (secondary N) is 1. The van der Waals surface area contributed by atoms with E-state index in [1.54, 1.807) is 0 Å². The molecular weight excluding hydrogens is 158 g/mol. The van der Waals surface area contributed by atoms with Gasteiger partial charge in [0.1, 0.15) is 0 Å². The Kier molecular flexibility index (Phi) is 9.18. The van der Waals surface area contributed by atoms with Gasteiger partial charge in [-0.3, -0.25) is 0 Å². The fraction of sp³-hybridized carbons (Fsp3) is 0.750. The lowest BCUT2D eigenvalue weighted by atomic mass is 10.1. The maximum atomic E-state index is 3.73. The van der Waals surface area contributed by atoms with Crippen LogP contribution in [0.1, 0.15) is 46.0 Å². The smallest absolute Gasteiger partial charge is 0.00458 e. The number of hydrogen-bond acceptors (Lipinski definition) is 1. The summed E-state index contributed by atoms with van der Waals surface area (Å²) in [4.78, 5) is 0. The van der Waals surface area contributed by atoms with Crippen LogP contribution in [0.4, 0.5) is 0 Å². The van der Waals surface area contributed by atoms with Crippen LogP contribution in [0.3, 0.4) is 0 Å². The maximum absolute atomic E-state index is 3.73. The predicted octanol–water partition coefficient (Wildman–Crippen LogP) is 3.28. The molecule has 0 amide bonds. The SMILES string of the molecule is C=C=C(CCCC)CCCNCC. The van der Waals surface area contributed by atoms with Gasteiger partial charge < -0.3 is 5.32 Å². The highest BCUT2D eigenvalue weighted by molar-refractivity contribution is 4.98. The first-order valence-corrected chi connectivity index (χ1v) is 5.43. The molecule has 0 radical (unpaired) electrons. The van der Waals surface area contributed by atoms with Crippen LogP contribution in [0.2, 0.25) is 0 Å². The second-order valence-electron chi connectivity index (χ2n) is 3.34. The minimum atomic E-state index is 1.07. The second kappa shape index (κ2) is 9.57. The summed E-state index contributed by atoms with van der Waals surface area (Å²) < 4.78 is 0. The molecule has 0 saturated heterocycles.